The van der Waals surface area contributed by atoms with Crippen molar-refractivity contribution in [3.8, 4) is 0 Å². The van der Waals surface area contributed by atoms with Crippen LogP contribution in [0.3, 0.4) is 0 Å². The van der Waals surface area contributed by atoms with E-state index in [4.69, 9.17) is 0 Å². The standard InChI is InChI=1S/C16H23N3O4/c1-18(9-12(20)17-11-4-5-11)14(22)10-19-13(21)8-16(15(19)23)6-2-3-7-16/h11H,2-10H2,1H3,(H,17,20). The maximum Gasteiger partial charge on any atom is 0.242 e. The van der Waals surface area contributed by atoms with Gasteiger partial charge in [0.25, 0.3) is 0 Å². The minimum atomic E-state index is -0.556. The third-order valence-corrected chi connectivity index (χ3v) is 5.09. The number of nitrogens with zero attached hydrogens (tertiary/aromatic N) is 2. The topological polar surface area (TPSA) is 86.8 Å². The van der Waals surface area contributed by atoms with E-state index >= 15 is 0 Å². The Kier molecular flexibility index (Phi) is 4.12. The number of hydrogen-bond donors (Lipinski definition) is 1. The van der Waals surface area contributed by atoms with Gasteiger partial charge in [-0.05, 0) is 25.7 Å². The summed E-state index contributed by atoms with van der Waals surface area (Å²) in [6.45, 7) is -0.302. The van der Waals surface area contributed by atoms with Gasteiger partial charge in [0.15, 0.2) is 0 Å². The van der Waals surface area contributed by atoms with E-state index < -0.39 is 5.41 Å². The number of rotatable bonds is 5. The van der Waals surface area contributed by atoms with Crippen molar-refractivity contribution in [1.29, 1.82) is 0 Å². The molecule has 0 aromatic rings. The van der Waals surface area contributed by atoms with E-state index in [-0.39, 0.29) is 49.2 Å². The minimum absolute atomic E-state index is 0.0449. The molecule has 2 saturated carbocycles. The van der Waals surface area contributed by atoms with Crippen LogP contribution >= 0.6 is 0 Å². The summed E-state index contributed by atoms with van der Waals surface area (Å²) in [4.78, 5) is 51.0. The Balaban J connectivity index is 1.55. The van der Waals surface area contributed by atoms with Crippen molar-refractivity contribution < 1.29 is 19.2 Å². The zero-order valence-electron chi connectivity index (χ0n) is 13.5. The van der Waals surface area contributed by atoms with Crippen LogP contribution in [0, 0.1) is 5.41 Å². The van der Waals surface area contributed by atoms with Gasteiger partial charge in [0, 0.05) is 19.5 Å². The molecule has 2 aliphatic carbocycles. The van der Waals surface area contributed by atoms with Crippen LogP contribution in [-0.2, 0) is 19.2 Å². The lowest BCUT2D eigenvalue weighted by Crippen LogP contribution is -2.45. The lowest BCUT2D eigenvalue weighted by atomic mass is 9.84. The van der Waals surface area contributed by atoms with E-state index in [1.54, 1.807) is 0 Å². The number of nitrogens with one attached hydrogen (secondary N) is 1. The fourth-order valence-corrected chi connectivity index (χ4v) is 3.52. The van der Waals surface area contributed by atoms with Crippen LogP contribution in [0.15, 0.2) is 0 Å². The first-order valence-corrected chi connectivity index (χ1v) is 8.29. The van der Waals surface area contributed by atoms with Crippen LogP contribution in [0.25, 0.3) is 0 Å². The molecular weight excluding hydrogens is 298 g/mol. The molecule has 7 heteroatoms. The summed E-state index contributed by atoms with van der Waals surface area (Å²) in [5, 5.41) is 2.81. The number of likely N-dealkylation sites (N-methyl/N-ethyl adjacent to an activating group) is 1. The minimum Gasteiger partial charge on any atom is -0.352 e. The van der Waals surface area contributed by atoms with Crippen LogP contribution in [0.5, 0.6) is 0 Å². The quantitative estimate of drug-likeness (QED) is 0.725. The zero-order chi connectivity index (χ0) is 16.6. The Labute approximate surface area is 135 Å². The van der Waals surface area contributed by atoms with E-state index in [0.29, 0.717) is 0 Å². The first-order chi connectivity index (χ1) is 10.9. The number of imide groups is 1. The van der Waals surface area contributed by atoms with E-state index in [1.165, 1.54) is 11.9 Å². The first-order valence-electron chi connectivity index (χ1n) is 8.29. The van der Waals surface area contributed by atoms with Crippen molar-refractivity contribution in [2.75, 3.05) is 20.1 Å². The molecule has 3 fully saturated rings. The van der Waals surface area contributed by atoms with E-state index in [9.17, 15) is 19.2 Å². The molecule has 7 nitrogen and oxygen atoms in total. The van der Waals surface area contributed by atoms with Gasteiger partial charge < -0.3 is 10.2 Å². The average Bonchev–Trinajstić information content (AvgIpc) is 3.12. The fourth-order valence-electron chi connectivity index (χ4n) is 3.52. The van der Waals surface area contributed by atoms with Crippen molar-refractivity contribution in [3.05, 3.63) is 0 Å². The summed E-state index contributed by atoms with van der Waals surface area (Å²) in [6, 6.07) is 0.245. The summed E-state index contributed by atoms with van der Waals surface area (Å²) in [5.41, 5.74) is -0.556. The number of carbonyl (C=O) groups is 4. The summed E-state index contributed by atoms with van der Waals surface area (Å²) in [6.07, 6.45) is 5.60. The van der Waals surface area contributed by atoms with Crippen LogP contribution in [0.1, 0.15) is 44.9 Å². The molecule has 1 saturated heterocycles. The van der Waals surface area contributed by atoms with Gasteiger partial charge in [-0.25, -0.2) is 0 Å². The molecular formula is C16H23N3O4. The van der Waals surface area contributed by atoms with Gasteiger partial charge in [0.1, 0.15) is 6.54 Å². The molecule has 0 bridgehead atoms. The maximum absolute atomic E-state index is 12.5. The van der Waals surface area contributed by atoms with E-state index in [0.717, 1.165) is 43.4 Å². The van der Waals surface area contributed by atoms with Gasteiger partial charge in [-0.2, -0.15) is 0 Å². The van der Waals surface area contributed by atoms with Crippen molar-refractivity contribution in [1.82, 2.24) is 15.1 Å². The Bertz CT molecular complexity index is 550. The van der Waals surface area contributed by atoms with Gasteiger partial charge in [0.2, 0.25) is 23.6 Å². The monoisotopic (exact) mass is 321 g/mol. The summed E-state index contributed by atoms with van der Waals surface area (Å²) in [7, 11) is 1.52. The summed E-state index contributed by atoms with van der Waals surface area (Å²) in [5.74, 6) is -1.05. The number of carbonyl (C=O) groups excluding carboxylic acids is 4. The molecule has 1 N–H and O–H groups in total. The van der Waals surface area contributed by atoms with Gasteiger partial charge in [-0.15, -0.1) is 0 Å². The fraction of sp³-hybridized carbons (Fsp3) is 0.750. The molecule has 3 aliphatic rings. The van der Waals surface area contributed by atoms with Gasteiger partial charge in [-0.3, -0.25) is 24.1 Å². The highest BCUT2D eigenvalue weighted by Crippen LogP contribution is 2.46. The summed E-state index contributed by atoms with van der Waals surface area (Å²) < 4.78 is 0. The molecule has 1 aliphatic heterocycles. The molecule has 0 aromatic carbocycles. The van der Waals surface area contributed by atoms with Crippen molar-refractivity contribution in [2.24, 2.45) is 5.41 Å². The normalized spacial score (nSPS) is 22.7. The van der Waals surface area contributed by atoms with Crippen LogP contribution in [0.4, 0.5) is 0 Å². The second-order valence-electron chi connectivity index (χ2n) is 7.04. The lowest BCUT2D eigenvalue weighted by Gasteiger charge is -2.23. The maximum atomic E-state index is 12.5. The van der Waals surface area contributed by atoms with Crippen LogP contribution < -0.4 is 5.32 Å². The third-order valence-electron chi connectivity index (χ3n) is 5.09. The van der Waals surface area contributed by atoms with Crippen molar-refractivity contribution >= 4 is 23.6 Å². The van der Waals surface area contributed by atoms with E-state index in [1.807, 2.05) is 0 Å². The highest BCUT2D eigenvalue weighted by molar-refractivity contribution is 6.08. The predicted molar refractivity (Wildman–Crippen MR) is 81.0 cm³/mol. The molecule has 0 atom stereocenters. The third kappa shape index (κ3) is 3.23. The largest absolute Gasteiger partial charge is 0.352 e. The Morgan fingerprint density at radius 2 is 1.91 bits per heavy atom. The average molecular weight is 321 g/mol. The Hall–Kier alpha value is -1.92. The first kappa shape index (κ1) is 16.0. The second-order valence-corrected chi connectivity index (χ2v) is 7.04. The number of likely N-dealkylation sites (tertiary alicyclic amines) is 1. The molecule has 0 unspecified atom stereocenters. The second kappa shape index (κ2) is 5.94. The zero-order valence-corrected chi connectivity index (χ0v) is 13.5. The molecule has 1 heterocycles. The number of amides is 4. The van der Waals surface area contributed by atoms with Crippen molar-refractivity contribution in [2.45, 2.75) is 51.0 Å². The molecule has 1 spiro atoms. The van der Waals surface area contributed by atoms with Gasteiger partial charge in [-0.1, -0.05) is 12.8 Å². The SMILES string of the molecule is CN(CC(=O)NC1CC1)C(=O)CN1C(=O)CC2(CCCC2)C1=O. The lowest BCUT2D eigenvalue weighted by molar-refractivity contribution is -0.147. The van der Waals surface area contributed by atoms with Gasteiger partial charge >= 0.3 is 0 Å². The molecule has 0 radical (unpaired) electrons. The molecule has 0 aromatic heterocycles. The van der Waals surface area contributed by atoms with Crippen LogP contribution in [-0.4, -0.2) is 59.6 Å². The highest BCUT2D eigenvalue weighted by Gasteiger charge is 2.52. The molecule has 126 valence electrons. The molecule has 23 heavy (non-hydrogen) atoms. The highest BCUT2D eigenvalue weighted by atomic mass is 16.2. The molecule has 4 amide bonds. The predicted octanol–water partition coefficient (Wildman–Crippen LogP) is 0.0427. The van der Waals surface area contributed by atoms with Gasteiger partial charge in [0.05, 0.1) is 12.0 Å². The van der Waals surface area contributed by atoms with E-state index in [2.05, 4.69) is 5.32 Å². The smallest absolute Gasteiger partial charge is 0.242 e. The number of hydrogen-bond acceptors (Lipinski definition) is 4. The molecule has 3 rings (SSSR count). The Morgan fingerprint density at radius 1 is 1.26 bits per heavy atom. The Morgan fingerprint density at radius 3 is 2.52 bits per heavy atom. The summed E-state index contributed by atoms with van der Waals surface area (Å²) >= 11 is 0. The van der Waals surface area contributed by atoms with Crippen LogP contribution in [0.2, 0.25) is 0 Å². The van der Waals surface area contributed by atoms with Crippen molar-refractivity contribution in [3.63, 3.8) is 0 Å².